The molecule has 0 radical (unpaired) electrons. The summed E-state index contributed by atoms with van der Waals surface area (Å²) in [6.07, 6.45) is 0. The van der Waals surface area contributed by atoms with Gasteiger partial charge in [0.25, 0.3) is 0 Å². The fourth-order valence-electron chi connectivity index (χ4n) is 1.27. The molecule has 0 atom stereocenters. The number of phenolic OH excluding ortho intramolecular Hbond substituents is 1. The van der Waals surface area contributed by atoms with Crippen molar-refractivity contribution in [3.8, 4) is 5.75 Å². The number of aromatic hydroxyl groups is 1. The van der Waals surface area contributed by atoms with Crippen LogP contribution < -0.4 is 0 Å². The van der Waals surface area contributed by atoms with Crippen LogP contribution in [0.5, 0.6) is 5.75 Å². The highest BCUT2D eigenvalue weighted by molar-refractivity contribution is 9.11. The van der Waals surface area contributed by atoms with Crippen molar-refractivity contribution in [2.45, 2.75) is 4.58 Å². The number of hydrogen-bond acceptors (Lipinski definition) is 3. The van der Waals surface area contributed by atoms with Crippen molar-refractivity contribution in [2.75, 3.05) is 11.5 Å². The first-order chi connectivity index (χ1) is 6.68. The van der Waals surface area contributed by atoms with E-state index in [-0.39, 0.29) is 5.75 Å². The minimum Gasteiger partial charge on any atom is -0.506 e. The fourth-order valence-corrected chi connectivity index (χ4v) is 5.31. The molecule has 1 aromatic rings. The van der Waals surface area contributed by atoms with Gasteiger partial charge in [0.1, 0.15) is 5.75 Å². The standard InChI is InChI=1S/C9H8Br2OS2/c10-6-3-5(4-7(11)8(6)12)9-13-1-2-14-9/h3-4,9,12H,1-2H2. The Bertz CT molecular complexity index is 328. The Labute approximate surface area is 108 Å². The van der Waals surface area contributed by atoms with Gasteiger partial charge in [0.2, 0.25) is 0 Å². The summed E-state index contributed by atoms with van der Waals surface area (Å²) in [6, 6.07) is 3.99. The summed E-state index contributed by atoms with van der Waals surface area (Å²) in [5.74, 6) is 2.71. The summed E-state index contributed by atoms with van der Waals surface area (Å²) in [5, 5.41) is 9.57. The van der Waals surface area contributed by atoms with Crippen LogP contribution in [0.4, 0.5) is 0 Å². The summed E-state index contributed by atoms with van der Waals surface area (Å²) in [4.78, 5) is 0. The highest BCUT2D eigenvalue weighted by atomic mass is 79.9. The molecule has 2 rings (SSSR count). The van der Waals surface area contributed by atoms with Gasteiger partial charge in [-0.3, -0.25) is 0 Å². The molecule has 0 aromatic heterocycles. The van der Waals surface area contributed by atoms with Gasteiger partial charge < -0.3 is 5.11 Å². The molecular formula is C9H8Br2OS2. The Kier molecular flexibility index (Phi) is 3.73. The van der Waals surface area contributed by atoms with Crippen molar-refractivity contribution < 1.29 is 5.11 Å². The van der Waals surface area contributed by atoms with Crippen molar-refractivity contribution in [1.29, 1.82) is 0 Å². The third-order valence-corrected chi connectivity index (χ3v) is 6.25. The Morgan fingerprint density at radius 2 is 1.64 bits per heavy atom. The smallest absolute Gasteiger partial charge is 0.143 e. The first-order valence-corrected chi connectivity index (χ1v) is 7.78. The number of phenols is 1. The second kappa shape index (κ2) is 4.68. The van der Waals surface area contributed by atoms with Crippen LogP contribution in [-0.4, -0.2) is 16.6 Å². The lowest BCUT2D eigenvalue weighted by Gasteiger charge is -2.10. The third kappa shape index (κ3) is 2.26. The zero-order valence-corrected chi connectivity index (χ0v) is 12.0. The zero-order chi connectivity index (χ0) is 10.1. The Morgan fingerprint density at radius 1 is 1.14 bits per heavy atom. The van der Waals surface area contributed by atoms with E-state index in [2.05, 4.69) is 31.9 Å². The molecule has 1 heterocycles. The van der Waals surface area contributed by atoms with Gasteiger partial charge in [0, 0.05) is 11.5 Å². The molecule has 76 valence electrons. The maximum Gasteiger partial charge on any atom is 0.143 e. The van der Waals surface area contributed by atoms with Crippen LogP contribution in [0, 0.1) is 0 Å². The van der Waals surface area contributed by atoms with Gasteiger partial charge in [-0.1, -0.05) is 0 Å². The summed E-state index contributed by atoms with van der Waals surface area (Å²) < 4.78 is 2.04. The van der Waals surface area contributed by atoms with Crippen LogP contribution in [0.2, 0.25) is 0 Å². The minimum absolute atomic E-state index is 0.279. The zero-order valence-electron chi connectivity index (χ0n) is 7.17. The summed E-state index contributed by atoms with van der Waals surface area (Å²) in [5.41, 5.74) is 1.26. The average molecular weight is 356 g/mol. The topological polar surface area (TPSA) is 20.2 Å². The lowest BCUT2D eigenvalue weighted by Crippen LogP contribution is -1.86. The van der Waals surface area contributed by atoms with Gasteiger partial charge in [-0.25, -0.2) is 0 Å². The lowest BCUT2D eigenvalue weighted by atomic mass is 10.2. The average Bonchev–Trinajstić information content (AvgIpc) is 2.66. The van der Waals surface area contributed by atoms with Crippen LogP contribution in [0.15, 0.2) is 21.1 Å². The van der Waals surface area contributed by atoms with E-state index in [0.29, 0.717) is 4.58 Å². The van der Waals surface area contributed by atoms with Crippen LogP contribution in [0.3, 0.4) is 0 Å². The maximum atomic E-state index is 9.57. The highest BCUT2D eigenvalue weighted by Gasteiger charge is 2.20. The van der Waals surface area contributed by atoms with Gasteiger partial charge in [-0.15, -0.1) is 23.5 Å². The number of benzene rings is 1. The minimum atomic E-state index is 0.279. The molecule has 1 aliphatic heterocycles. The van der Waals surface area contributed by atoms with Crippen molar-refractivity contribution in [2.24, 2.45) is 0 Å². The van der Waals surface area contributed by atoms with E-state index in [1.54, 1.807) is 0 Å². The van der Waals surface area contributed by atoms with E-state index in [9.17, 15) is 5.11 Å². The fraction of sp³-hybridized carbons (Fsp3) is 0.333. The van der Waals surface area contributed by atoms with Gasteiger partial charge in [0.15, 0.2) is 0 Å². The predicted octanol–water partition coefficient (Wildman–Crippen LogP) is 4.40. The van der Waals surface area contributed by atoms with E-state index in [1.165, 1.54) is 17.1 Å². The van der Waals surface area contributed by atoms with E-state index < -0.39 is 0 Å². The summed E-state index contributed by atoms with van der Waals surface area (Å²) >= 11 is 10.6. The van der Waals surface area contributed by atoms with Gasteiger partial charge >= 0.3 is 0 Å². The number of rotatable bonds is 1. The summed E-state index contributed by atoms with van der Waals surface area (Å²) in [6.45, 7) is 0. The quantitative estimate of drug-likeness (QED) is 0.806. The predicted molar refractivity (Wildman–Crippen MR) is 71.2 cm³/mol. The third-order valence-electron chi connectivity index (χ3n) is 1.93. The number of thioether (sulfide) groups is 2. The highest BCUT2D eigenvalue weighted by Crippen LogP contribution is 2.47. The second-order valence-corrected chi connectivity index (χ2v) is 7.34. The molecule has 1 aliphatic rings. The SMILES string of the molecule is Oc1c(Br)cc(C2SCCS2)cc1Br. The van der Waals surface area contributed by atoms with Crippen LogP contribution in [0.25, 0.3) is 0 Å². The second-order valence-electron chi connectivity index (χ2n) is 2.91. The van der Waals surface area contributed by atoms with Crippen molar-refractivity contribution in [3.05, 3.63) is 26.6 Å². The molecule has 1 saturated heterocycles. The summed E-state index contributed by atoms with van der Waals surface area (Å²) in [7, 11) is 0. The molecule has 0 bridgehead atoms. The Morgan fingerprint density at radius 3 is 2.14 bits per heavy atom. The molecule has 1 fully saturated rings. The van der Waals surface area contributed by atoms with Gasteiger partial charge in [-0.2, -0.15) is 0 Å². The molecular weight excluding hydrogens is 348 g/mol. The van der Waals surface area contributed by atoms with Crippen LogP contribution >= 0.6 is 55.4 Å². The molecule has 0 spiro atoms. The number of halogens is 2. The molecule has 0 saturated carbocycles. The Balaban J connectivity index is 2.34. The molecule has 0 amide bonds. The van der Waals surface area contributed by atoms with E-state index in [4.69, 9.17) is 0 Å². The molecule has 14 heavy (non-hydrogen) atoms. The van der Waals surface area contributed by atoms with E-state index in [0.717, 1.165) is 8.95 Å². The molecule has 5 heteroatoms. The molecule has 1 N–H and O–H groups in total. The van der Waals surface area contributed by atoms with Crippen LogP contribution in [0.1, 0.15) is 10.1 Å². The van der Waals surface area contributed by atoms with Crippen molar-refractivity contribution in [3.63, 3.8) is 0 Å². The van der Waals surface area contributed by atoms with Crippen molar-refractivity contribution in [1.82, 2.24) is 0 Å². The molecule has 0 aliphatic carbocycles. The Hall–Kier alpha value is 0.680. The molecule has 1 nitrogen and oxygen atoms in total. The van der Waals surface area contributed by atoms with E-state index in [1.807, 2.05) is 35.7 Å². The molecule has 1 aromatic carbocycles. The van der Waals surface area contributed by atoms with Gasteiger partial charge in [0.05, 0.1) is 13.5 Å². The maximum absolute atomic E-state index is 9.57. The monoisotopic (exact) mass is 354 g/mol. The van der Waals surface area contributed by atoms with E-state index >= 15 is 0 Å². The number of hydrogen-bond donors (Lipinski definition) is 1. The first kappa shape index (κ1) is 11.2. The van der Waals surface area contributed by atoms with Crippen molar-refractivity contribution >= 4 is 55.4 Å². The largest absolute Gasteiger partial charge is 0.506 e. The first-order valence-electron chi connectivity index (χ1n) is 4.09. The lowest BCUT2D eigenvalue weighted by molar-refractivity contribution is 0.468. The van der Waals surface area contributed by atoms with Crippen LogP contribution in [-0.2, 0) is 0 Å². The molecule has 0 unspecified atom stereocenters. The normalized spacial score (nSPS) is 17.6. The van der Waals surface area contributed by atoms with Gasteiger partial charge in [-0.05, 0) is 49.6 Å².